The van der Waals surface area contributed by atoms with Gasteiger partial charge < -0.3 is 14.9 Å². The predicted molar refractivity (Wildman–Crippen MR) is 43.8 cm³/mol. The lowest BCUT2D eigenvalue weighted by Gasteiger charge is -2.30. The summed E-state index contributed by atoms with van der Waals surface area (Å²) < 4.78 is 4.87. The SMILES string of the molecule is C[C@]1(O)C[C@@H](O)[C@H]2CCOC(=O)[C@H]21. The molecule has 0 spiro atoms. The van der Waals surface area contributed by atoms with Crippen molar-refractivity contribution in [1.29, 1.82) is 0 Å². The van der Waals surface area contributed by atoms with Gasteiger partial charge in [0.05, 0.1) is 24.2 Å². The highest BCUT2D eigenvalue weighted by Crippen LogP contribution is 2.44. The van der Waals surface area contributed by atoms with Crippen molar-refractivity contribution in [3.05, 3.63) is 0 Å². The second-order valence-corrected chi connectivity index (χ2v) is 4.23. The molecule has 0 radical (unpaired) electrons. The highest BCUT2D eigenvalue weighted by atomic mass is 16.5. The minimum Gasteiger partial charge on any atom is -0.465 e. The Morgan fingerprint density at radius 1 is 1.62 bits per heavy atom. The van der Waals surface area contributed by atoms with E-state index in [9.17, 15) is 15.0 Å². The van der Waals surface area contributed by atoms with Crippen molar-refractivity contribution in [2.75, 3.05) is 6.61 Å². The Bertz CT molecular complexity index is 236. The average molecular weight is 186 g/mol. The van der Waals surface area contributed by atoms with Crippen molar-refractivity contribution in [3.63, 3.8) is 0 Å². The normalized spacial score (nSPS) is 50.1. The Morgan fingerprint density at radius 2 is 2.31 bits per heavy atom. The van der Waals surface area contributed by atoms with Gasteiger partial charge in [0, 0.05) is 12.3 Å². The van der Waals surface area contributed by atoms with Gasteiger partial charge in [-0.3, -0.25) is 4.79 Å². The van der Waals surface area contributed by atoms with Gasteiger partial charge in [-0.05, 0) is 13.3 Å². The Balaban J connectivity index is 2.28. The Morgan fingerprint density at radius 3 is 2.92 bits per heavy atom. The van der Waals surface area contributed by atoms with Gasteiger partial charge in [0.15, 0.2) is 0 Å². The first-order chi connectivity index (χ1) is 6.02. The van der Waals surface area contributed by atoms with Gasteiger partial charge in [0.2, 0.25) is 0 Å². The summed E-state index contributed by atoms with van der Waals surface area (Å²) in [6.07, 6.45) is 0.373. The Kier molecular flexibility index (Phi) is 1.85. The molecule has 2 fully saturated rings. The van der Waals surface area contributed by atoms with Crippen LogP contribution < -0.4 is 0 Å². The van der Waals surface area contributed by atoms with Crippen molar-refractivity contribution in [1.82, 2.24) is 0 Å². The van der Waals surface area contributed by atoms with Crippen LogP contribution in [0.25, 0.3) is 0 Å². The Labute approximate surface area is 76.5 Å². The monoisotopic (exact) mass is 186 g/mol. The van der Waals surface area contributed by atoms with E-state index in [0.29, 0.717) is 13.0 Å². The number of cyclic esters (lactones) is 1. The van der Waals surface area contributed by atoms with Crippen LogP contribution in [0.5, 0.6) is 0 Å². The fourth-order valence-corrected chi connectivity index (χ4v) is 2.56. The number of fused-ring (bicyclic) bond motifs is 1. The molecular formula is C9H14O4. The van der Waals surface area contributed by atoms with Crippen LogP contribution in [0.3, 0.4) is 0 Å². The number of esters is 1. The molecule has 4 heteroatoms. The first-order valence-corrected chi connectivity index (χ1v) is 4.59. The molecule has 2 N–H and O–H groups in total. The van der Waals surface area contributed by atoms with E-state index < -0.39 is 17.6 Å². The van der Waals surface area contributed by atoms with E-state index in [4.69, 9.17) is 4.74 Å². The lowest BCUT2D eigenvalue weighted by atomic mass is 9.84. The van der Waals surface area contributed by atoms with Gasteiger partial charge in [0.1, 0.15) is 0 Å². The summed E-state index contributed by atoms with van der Waals surface area (Å²) in [6, 6.07) is 0. The first-order valence-electron chi connectivity index (χ1n) is 4.59. The molecule has 1 heterocycles. The summed E-state index contributed by atoms with van der Waals surface area (Å²) in [5, 5.41) is 19.5. The molecule has 2 rings (SSSR count). The van der Waals surface area contributed by atoms with Crippen LogP contribution in [-0.2, 0) is 9.53 Å². The van der Waals surface area contributed by atoms with E-state index in [2.05, 4.69) is 0 Å². The minimum atomic E-state index is -1.10. The summed E-state index contributed by atoms with van der Waals surface area (Å²) in [7, 11) is 0. The molecule has 0 aromatic heterocycles. The van der Waals surface area contributed by atoms with E-state index in [1.54, 1.807) is 6.92 Å². The predicted octanol–water partition coefficient (Wildman–Crippen LogP) is -0.319. The van der Waals surface area contributed by atoms with Crippen molar-refractivity contribution in [3.8, 4) is 0 Å². The molecule has 4 nitrogen and oxygen atoms in total. The van der Waals surface area contributed by atoms with E-state index in [0.717, 1.165) is 0 Å². The van der Waals surface area contributed by atoms with E-state index >= 15 is 0 Å². The number of carbonyl (C=O) groups excluding carboxylic acids is 1. The maximum Gasteiger partial charge on any atom is 0.312 e. The van der Waals surface area contributed by atoms with Gasteiger partial charge in [-0.15, -0.1) is 0 Å². The zero-order chi connectivity index (χ0) is 9.64. The number of rotatable bonds is 0. The molecule has 2 aliphatic rings. The summed E-state index contributed by atoms with van der Waals surface area (Å²) >= 11 is 0. The number of carbonyl (C=O) groups is 1. The van der Waals surface area contributed by atoms with Crippen LogP contribution in [0.4, 0.5) is 0 Å². The highest BCUT2D eigenvalue weighted by Gasteiger charge is 2.55. The number of aliphatic hydroxyl groups is 2. The van der Waals surface area contributed by atoms with Crippen LogP contribution in [-0.4, -0.2) is 34.5 Å². The lowest BCUT2D eigenvalue weighted by Crippen LogP contribution is -2.42. The second kappa shape index (κ2) is 2.69. The standard InChI is InChI=1S/C9H14O4/c1-9(12)4-6(10)5-2-3-13-8(11)7(5)9/h5-7,10,12H,2-4H2,1H3/t5-,6-,7+,9+/m1/s1. The number of ether oxygens (including phenoxy) is 1. The third-order valence-electron chi connectivity index (χ3n) is 3.16. The zero-order valence-electron chi connectivity index (χ0n) is 7.56. The molecule has 1 saturated carbocycles. The number of aliphatic hydroxyl groups excluding tert-OH is 1. The van der Waals surface area contributed by atoms with E-state index in [-0.39, 0.29) is 18.3 Å². The Hall–Kier alpha value is -0.610. The van der Waals surface area contributed by atoms with E-state index in [1.165, 1.54) is 0 Å². The maximum atomic E-state index is 11.3. The van der Waals surface area contributed by atoms with Gasteiger partial charge in [-0.25, -0.2) is 0 Å². The first kappa shape index (κ1) is 8.97. The summed E-state index contributed by atoms with van der Waals surface area (Å²) in [5.74, 6) is -1.01. The van der Waals surface area contributed by atoms with Crippen LogP contribution in [0, 0.1) is 11.8 Å². The maximum absolute atomic E-state index is 11.3. The smallest absolute Gasteiger partial charge is 0.312 e. The molecule has 0 aromatic carbocycles. The summed E-state index contributed by atoms with van der Waals surface area (Å²) in [5.41, 5.74) is -1.10. The van der Waals surface area contributed by atoms with Crippen LogP contribution in [0.15, 0.2) is 0 Å². The van der Waals surface area contributed by atoms with Crippen molar-refractivity contribution in [2.45, 2.75) is 31.5 Å². The summed E-state index contributed by atoms with van der Waals surface area (Å²) in [4.78, 5) is 11.3. The largest absolute Gasteiger partial charge is 0.465 e. The summed E-state index contributed by atoms with van der Waals surface area (Å²) in [6.45, 7) is 1.96. The fraction of sp³-hybridized carbons (Fsp3) is 0.889. The number of hydrogen-bond donors (Lipinski definition) is 2. The molecular weight excluding hydrogens is 172 g/mol. The molecule has 0 aromatic rings. The van der Waals surface area contributed by atoms with E-state index in [1.807, 2.05) is 0 Å². The molecule has 0 amide bonds. The molecule has 0 unspecified atom stereocenters. The molecule has 4 atom stereocenters. The van der Waals surface area contributed by atoms with Gasteiger partial charge in [0.25, 0.3) is 0 Å². The van der Waals surface area contributed by atoms with Crippen LogP contribution >= 0.6 is 0 Å². The van der Waals surface area contributed by atoms with Gasteiger partial charge >= 0.3 is 5.97 Å². The number of hydrogen-bond acceptors (Lipinski definition) is 4. The van der Waals surface area contributed by atoms with Gasteiger partial charge in [-0.1, -0.05) is 0 Å². The fourth-order valence-electron chi connectivity index (χ4n) is 2.56. The third-order valence-corrected chi connectivity index (χ3v) is 3.16. The van der Waals surface area contributed by atoms with Crippen molar-refractivity contribution >= 4 is 5.97 Å². The van der Waals surface area contributed by atoms with Crippen LogP contribution in [0.1, 0.15) is 19.8 Å². The average Bonchev–Trinajstić information content (AvgIpc) is 2.24. The van der Waals surface area contributed by atoms with Crippen LogP contribution in [0.2, 0.25) is 0 Å². The molecule has 1 aliphatic heterocycles. The molecule has 74 valence electrons. The topological polar surface area (TPSA) is 66.8 Å². The molecule has 13 heavy (non-hydrogen) atoms. The quantitative estimate of drug-likeness (QED) is 0.509. The van der Waals surface area contributed by atoms with Crippen molar-refractivity contribution in [2.24, 2.45) is 11.8 Å². The van der Waals surface area contributed by atoms with Gasteiger partial charge in [-0.2, -0.15) is 0 Å². The van der Waals surface area contributed by atoms with Crippen molar-refractivity contribution < 1.29 is 19.7 Å². The highest BCUT2D eigenvalue weighted by molar-refractivity contribution is 5.75. The zero-order valence-corrected chi connectivity index (χ0v) is 7.56. The third kappa shape index (κ3) is 1.25. The minimum absolute atomic E-state index is 0.115. The molecule has 1 saturated heterocycles. The second-order valence-electron chi connectivity index (χ2n) is 4.23. The molecule has 1 aliphatic carbocycles. The molecule has 0 bridgehead atoms. The lowest BCUT2D eigenvalue weighted by molar-refractivity contribution is -0.165.